The molecule has 5 rings (SSSR count). The topological polar surface area (TPSA) is 73.9 Å². The first kappa shape index (κ1) is 22.3. The lowest BCUT2D eigenvalue weighted by Crippen LogP contribution is -2.51. The summed E-state index contributed by atoms with van der Waals surface area (Å²) in [5.41, 5.74) is 1.51. The second-order valence-corrected chi connectivity index (χ2v) is 9.00. The van der Waals surface area contributed by atoms with Crippen molar-refractivity contribution in [2.24, 2.45) is 17.8 Å². The van der Waals surface area contributed by atoms with Crippen LogP contribution >= 0.6 is 0 Å². The molecule has 178 valence electrons. The molecule has 2 unspecified atom stereocenters. The average molecular weight is 465 g/mol. The number of amides is 2. The quantitative estimate of drug-likeness (QED) is 0.605. The van der Waals surface area contributed by atoms with Crippen molar-refractivity contribution >= 4 is 17.5 Å². The molecule has 2 heterocycles. The summed E-state index contributed by atoms with van der Waals surface area (Å²) in [5.74, 6) is 1.79. The largest absolute Gasteiger partial charge is 0.493 e. The minimum Gasteiger partial charge on any atom is -0.493 e. The molecule has 4 aliphatic rings. The predicted molar refractivity (Wildman–Crippen MR) is 128 cm³/mol. The summed E-state index contributed by atoms with van der Waals surface area (Å²) in [5, 5.41) is 5.09. The van der Waals surface area contributed by atoms with Gasteiger partial charge < -0.3 is 25.2 Å². The summed E-state index contributed by atoms with van der Waals surface area (Å²) in [7, 11) is 0. The van der Waals surface area contributed by atoms with Gasteiger partial charge in [0.2, 0.25) is 11.8 Å². The molecule has 34 heavy (non-hydrogen) atoms. The van der Waals surface area contributed by atoms with E-state index in [-0.39, 0.29) is 24.9 Å². The van der Waals surface area contributed by atoms with E-state index in [4.69, 9.17) is 4.74 Å². The van der Waals surface area contributed by atoms with Gasteiger partial charge in [-0.15, -0.1) is 0 Å². The monoisotopic (exact) mass is 464 g/mol. The van der Waals surface area contributed by atoms with E-state index in [1.165, 1.54) is 12.2 Å². The Balaban J connectivity index is 1.04. The fourth-order valence-electron chi connectivity index (χ4n) is 4.75. The van der Waals surface area contributed by atoms with Crippen molar-refractivity contribution in [1.82, 2.24) is 15.5 Å². The molecule has 1 saturated heterocycles. The standard InChI is InChI=1S/C26H29FN4O3/c27-24-10-5-18(15-28-24)26(33)29-16-25(32)31-13-11-30(12-14-31)19-6-8-20(9-7-19)34-17-23-21-3-1-2-4-22(21)23/h1-10,21-23,28H,11-17H2,(H,29,33). The molecule has 2 atom stereocenters. The van der Waals surface area contributed by atoms with Crippen LogP contribution in [0.2, 0.25) is 0 Å². The zero-order valence-corrected chi connectivity index (χ0v) is 19.0. The number of dihydropyridines is 1. The molecular weight excluding hydrogens is 435 g/mol. The molecule has 1 aromatic rings. The number of allylic oxidation sites excluding steroid dienone is 6. The van der Waals surface area contributed by atoms with Gasteiger partial charge in [-0.2, -0.15) is 4.39 Å². The van der Waals surface area contributed by atoms with Crippen molar-refractivity contribution in [3.05, 3.63) is 72.2 Å². The molecule has 2 amide bonds. The molecule has 1 aromatic carbocycles. The number of carbonyl (C=O) groups is 2. The van der Waals surface area contributed by atoms with Crippen LogP contribution in [-0.4, -0.2) is 62.6 Å². The van der Waals surface area contributed by atoms with Crippen LogP contribution in [0.4, 0.5) is 10.1 Å². The lowest BCUT2D eigenvalue weighted by molar-refractivity contribution is -0.132. The summed E-state index contributed by atoms with van der Waals surface area (Å²) in [4.78, 5) is 28.7. The number of nitrogens with one attached hydrogen (secondary N) is 2. The Hall–Kier alpha value is -3.55. The van der Waals surface area contributed by atoms with Crippen molar-refractivity contribution in [3.63, 3.8) is 0 Å². The maximum atomic E-state index is 13.0. The molecule has 0 aromatic heterocycles. The second-order valence-electron chi connectivity index (χ2n) is 9.00. The van der Waals surface area contributed by atoms with Gasteiger partial charge >= 0.3 is 0 Å². The molecule has 0 spiro atoms. The van der Waals surface area contributed by atoms with Gasteiger partial charge in [0.05, 0.1) is 13.2 Å². The molecule has 7 nitrogen and oxygen atoms in total. The maximum Gasteiger partial charge on any atom is 0.249 e. The van der Waals surface area contributed by atoms with E-state index in [9.17, 15) is 14.0 Å². The smallest absolute Gasteiger partial charge is 0.249 e. The van der Waals surface area contributed by atoms with Gasteiger partial charge in [0, 0.05) is 49.9 Å². The Morgan fingerprint density at radius 1 is 1.03 bits per heavy atom. The molecule has 2 aliphatic heterocycles. The third-order valence-corrected chi connectivity index (χ3v) is 6.92. The van der Waals surface area contributed by atoms with Gasteiger partial charge in [-0.1, -0.05) is 24.3 Å². The number of rotatable bonds is 7. The van der Waals surface area contributed by atoms with E-state index >= 15 is 0 Å². The number of ether oxygens (including phenoxy) is 1. The fourth-order valence-corrected chi connectivity index (χ4v) is 4.75. The summed E-state index contributed by atoms with van der Waals surface area (Å²) in [6.45, 7) is 3.42. The third-order valence-electron chi connectivity index (χ3n) is 6.92. The molecule has 0 bridgehead atoms. The van der Waals surface area contributed by atoms with Gasteiger partial charge in [-0.25, -0.2) is 0 Å². The fraction of sp³-hybridized carbons (Fsp3) is 0.385. The molecular formula is C26H29FN4O3. The summed E-state index contributed by atoms with van der Waals surface area (Å²) < 4.78 is 19.0. The van der Waals surface area contributed by atoms with Crippen molar-refractivity contribution in [2.75, 3.05) is 50.8 Å². The van der Waals surface area contributed by atoms with Crippen LogP contribution in [0.3, 0.4) is 0 Å². The zero-order valence-electron chi connectivity index (χ0n) is 19.0. The van der Waals surface area contributed by atoms with Gasteiger partial charge in [-0.05, 0) is 48.3 Å². The number of carbonyl (C=O) groups excluding carboxylic acids is 2. The van der Waals surface area contributed by atoms with Crippen molar-refractivity contribution in [1.29, 1.82) is 0 Å². The van der Waals surface area contributed by atoms with E-state index in [2.05, 4.69) is 52.0 Å². The highest BCUT2D eigenvalue weighted by atomic mass is 19.1. The summed E-state index contributed by atoms with van der Waals surface area (Å²) in [6.07, 6.45) is 11.4. The van der Waals surface area contributed by atoms with Gasteiger partial charge in [0.1, 0.15) is 5.75 Å². The number of halogens is 1. The number of benzene rings is 1. The van der Waals surface area contributed by atoms with Crippen LogP contribution in [-0.2, 0) is 9.59 Å². The van der Waals surface area contributed by atoms with Crippen molar-refractivity contribution in [2.45, 2.75) is 0 Å². The molecule has 2 N–H and O–H groups in total. The zero-order chi connectivity index (χ0) is 23.5. The highest BCUT2D eigenvalue weighted by Crippen LogP contribution is 2.50. The number of fused-ring (bicyclic) bond motifs is 1. The van der Waals surface area contributed by atoms with E-state index < -0.39 is 5.95 Å². The Labute approximate surface area is 198 Å². The number of anilines is 1. The first-order valence-electron chi connectivity index (χ1n) is 11.8. The first-order valence-corrected chi connectivity index (χ1v) is 11.8. The van der Waals surface area contributed by atoms with Gasteiger partial charge in [0.25, 0.3) is 0 Å². The highest BCUT2D eigenvalue weighted by Gasteiger charge is 2.47. The normalized spacial score (nSPS) is 25.0. The SMILES string of the molecule is O=C(NCC(=O)N1CCN(c2ccc(OCC3C4C=CC=CC43)cc2)CC1)C1=CC=C(F)NC1. The van der Waals surface area contributed by atoms with Crippen LogP contribution in [0.1, 0.15) is 0 Å². The maximum absolute atomic E-state index is 13.0. The lowest BCUT2D eigenvalue weighted by atomic mass is 10.2. The highest BCUT2D eigenvalue weighted by molar-refractivity contribution is 5.96. The van der Waals surface area contributed by atoms with Crippen molar-refractivity contribution < 1.29 is 18.7 Å². The molecule has 8 heteroatoms. The first-order chi connectivity index (χ1) is 16.6. The molecule has 2 aliphatic carbocycles. The Kier molecular flexibility index (Phi) is 6.38. The van der Waals surface area contributed by atoms with Crippen molar-refractivity contribution in [3.8, 4) is 5.75 Å². The Morgan fingerprint density at radius 2 is 1.74 bits per heavy atom. The van der Waals surface area contributed by atoms with E-state index in [0.717, 1.165) is 31.1 Å². The number of hydrogen-bond acceptors (Lipinski definition) is 5. The Bertz CT molecular complexity index is 1040. The third kappa shape index (κ3) is 5.00. The minimum absolute atomic E-state index is 0.0668. The van der Waals surface area contributed by atoms with Crippen LogP contribution in [0, 0.1) is 17.8 Å². The number of nitrogens with zero attached hydrogens (tertiary/aromatic N) is 2. The average Bonchev–Trinajstić information content (AvgIpc) is 3.60. The van der Waals surface area contributed by atoms with Crippen LogP contribution in [0.25, 0.3) is 0 Å². The van der Waals surface area contributed by atoms with Gasteiger partial charge in [0.15, 0.2) is 5.95 Å². The minimum atomic E-state index is -0.473. The molecule has 2 fully saturated rings. The number of piperazine rings is 1. The Morgan fingerprint density at radius 3 is 2.38 bits per heavy atom. The summed E-state index contributed by atoms with van der Waals surface area (Å²) >= 11 is 0. The predicted octanol–water partition coefficient (Wildman–Crippen LogP) is 2.16. The second kappa shape index (κ2) is 9.75. The van der Waals surface area contributed by atoms with Gasteiger partial charge in [-0.3, -0.25) is 9.59 Å². The van der Waals surface area contributed by atoms with E-state index in [0.29, 0.717) is 36.4 Å². The number of hydrogen-bond donors (Lipinski definition) is 2. The molecule has 1 saturated carbocycles. The summed E-state index contributed by atoms with van der Waals surface area (Å²) in [6, 6.07) is 8.15. The van der Waals surface area contributed by atoms with E-state index in [1.54, 1.807) is 4.90 Å². The molecule has 0 radical (unpaired) electrons. The van der Waals surface area contributed by atoms with E-state index in [1.807, 2.05) is 12.1 Å². The lowest BCUT2D eigenvalue weighted by Gasteiger charge is -2.36. The van der Waals surface area contributed by atoms with Crippen LogP contribution < -0.4 is 20.3 Å². The van der Waals surface area contributed by atoms with Crippen LogP contribution in [0.15, 0.2) is 72.2 Å². The van der Waals surface area contributed by atoms with Crippen LogP contribution in [0.5, 0.6) is 5.75 Å².